The van der Waals surface area contributed by atoms with Gasteiger partial charge in [0.2, 0.25) is 5.91 Å². The fourth-order valence-electron chi connectivity index (χ4n) is 5.97. The van der Waals surface area contributed by atoms with Gasteiger partial charge in [0.05, 0.1) is 17.4 Å². The minimum Gasteiger partial charge on any atom is -0.462 e. The molecule has 0 fully saturated rings. The van der Waals surface area contributed by atoms with Gasteiger partial charge in [-0.1, -0.05) is 83.9 Å². The van der Waals surface area contributed by atoms with Crippen LogP contribution in [0.2, 0.25) is 10.0 Å². The van der Waals surface area contributed by atoms with Crippen LogP contribution >= 0.6 is 46.3 Å². The van der Waals surface area contributed by atoms with Crippen LogP contribution in [0.25, 0.3) is 6.08 Å². The third kappa shape index (κ3) is 10.4. The first-order chi connectivity index (χ1) is 26.6. The average Bonchev–Trinajstić information content (AvgIpc) is 3.53. The van der Waals surface area contributed by atoms with Crippen LogP contribution in [0.1, 0.15) is 56.1 Å². The predicted octanol–water partition coefficient (Wildman–Crippen LogP) is 9.32. The molecule has 2 heterocycles. The van der Waals surface area contributed by atoms with Crippen molar-refractivity contribution in [2.45, 2.75) is 43.5 Å². The van der Waals surface area contributed by atoms with Gasteiger partial charge in [-0.3, -0.25) is 19.3 Å². The van der Waals surface area contributed by atoms with E-state index in [0.29, 0.717) is 55.3 Å². The van der Waals surface area contributed by atoms with Gasteiger partial charge in [0.25, 0.3) is 11.8 Å². The normalized spacial score (nSPS) is 13.3. The van der Waals surface area contributed by atoms with Crippen LogP contribution in [0, 0.1) is 0 Å². The van der Waals surface area contributed by atoms with Gasteiger partial charge in [0.1, 0.15) is 10.7 Å². The molecule has 0 bridgehead atoms. The molecule has 3 amide bonds. The van der Waals surface area contributed by atoms with E-state index in [1.807, 2.05) is 24.3 Å². The zero-order chi connectivity index (χ0) is 38.9. The van der Waals surface area contributed by atoms with Crippen molar-refractivity contribution in [2.24, 2.45) is 0 Å². The fourth-order valence-corrected chi connectivity index (χ4v) is 8.64. The molecule has 1 aromatic heterocycles. The summed E-state index contributed by atoms with van der Waals surface area (Å²) in [7, 11) is 0. The van der Waals surface area contributed by atoms with Crippen molar-refractivity contribution in [1.82, 2.24) is 10.2 Å². The summed E-state index contributed by atoms with van der Waals surface area (Å²) >= 11 is 15.2. The summed E-state index contributed by atoms with van der Waals surface area (Å²) in [4.78, 5) is 57.7. The van der Waals surface area contributed by atoms with Gasteiger partial charge in [0.15, 0.2) is 0 Å². The molecule has 282 valence electrons. The monoisotopic (exact) mass is 812 g/mol. The summed E-state index contributed by atoms with van der Waals surface area (Å²) in [6.07, 6.45) is 2.15. The number of amides is 3. The highest BCUT2D eigenvalue weighted by Gasteiger charge is 2.30. The highest BCUT2D eigenvalue weighted by atomic mass is 35.5. The maximum absolute atomic E-state index is 13.7. The van der Waals surface area contributed by atoms with E-state index < -0.39 is 23.0 Å². The molecule has 0 saturated heterocycles. The van der Waals surface area contributed by atoms with E-state index >= 15 is 0 Å². The molecule has 0 saturated carbocycles. The summed E-state index contributed by atoms with van der Waals surface area (Å²) < 4.78 is 5.43. The maximum atomic E-state index is 13.7. The summed E-state index contributed by atoms with van der Waals surface area (Å²) in [5.74, 6) is -1.78. The molecule has 9 nitrogen and oxygen atoms in total. The number of thioether (sulfide) groups is 1. The van der Waals surface area contributed by atoms with Crippen molar-refractivity contribution in [3.8, 4) is 0 Å². The Kier molecular flexibility index (Phi) is 13.5. The zero-order valence-electron chi connectivity index (χ0n) is 30.1. The Morgan fingerprint density at radius 2 is 1.67 bits per heavy atom. The Morgan fingerprint density at radius 1 is 0.927 bits per heavy atom. The second-order valence-electron chi connectivity index (χ2n) is 12.6. The molecule has 0 radical (unpaired) electrons. The van der Waals surface area contributed by atoms with Crippen molar-refractivity contribution >= 4 is 86.8 Å². The van der Waals surface area contributed by atoms with Gasteiger partial charge >= 0.3 is 5.97 Å². The lowest BCUT2D eigenvalue weighted by molar-refractivity contribution is -0.115. The Hall–Kier alpha value is -4.91. The topological polar surface area (TPSA) is 117 Å². The number of benzene rings is 4. The van der Waals surface area contributed by atoms with Crippen LogP contribution < -0.4 is 16.0 Å². The van der Waals surface area contributed by atoms with Crippen molar-refractivity contribution in [3.05, 3.63) is 152 Å². The molecular weight excluding hydrogens is 776 g/mol. The minimum atomic E-state index is -0.585. The largest absolute Gasteiger partial charge is 0.462 e. The molecule has 1 aliphatic heterocycles. The van der Waals surface area contributed by atoms with Crippen LogP contribution in [-0.2, 0) is 33.8 Å². The lowest BCUT2D eigenvalue weighted by atomic mass is 10.0. The Balaban J connectivity index is 1.15. The molecule has 0 aliphatic carbocycles. The number of hydrogen-bond donors (Lipinski definition) is 3. The number of fused-ring (bicyclic) bond motifs is 1. The quantitative estimate of drug-likeness (QED) is 0.0617. The van der Waals surface area contributed by atoms with E-state index in [-0.39, 0.29) is 18.2 Å². The summed E-state index contributed by atoms with van der Waals surface area (Å²) in [6.45, 7) is 6.00. The van der Waals surface area contributed by atoms with Crippen molar-refractivity contribution in [2.75, 3.05) is 23.8 Å². The number of carbonyl (C=O) groups excluding carboxylic acids is 4. The zero-order valence-corrected chi connectivity index (χ0v) is 33.2. The van der Waals surface area contributed by atoms with E-state index in [4.69, 9.17) is 27.9 Å². The molecule has 0 spiro atoms. The first-order valence-electron chi connectivity index (χ1n) is 17.6. The standard InChI is InChI=1S/C42H38Cl2N4O5S2/c1-3-53-42(52)37-33-19-20-48(24-27-11-6-4-7-12-27)25-36(33)55-41(37)47-38(49)26(2)54-32-16-10-15-31(23-32)45-40(51)35(21-29-17-18-30(43)22-34(29)44)46-39(50)28-13-8-5-9-14-28/h4-18,21-23,26H,3,19-20,24-25H2,1-2H3,(H,45,51)(H,46,50)(H,47,49)/b35-21+. The highest BCUT2D eigenvalue weighted by Crippen LogP contribution is 2.39. The number of halogens is 2. The van der Waals surface area contributed by atoms with Gasteiger partial charge in [-0.15, -0.1) is 23.1 Å². The second-order valence-corrected chi connectivity index (χ2v) is 16.0. The molecule has 1 atom stereocenters. The maximum Gasteiger partial charge on any atom is 0.341 e. The number of carbonyl (C=O) groups is 4. The number of anilines is 2. The van der Waals surface area contributed by atoms with Gasteiger partial charge in [-0.05, 0) is 85.5 Å². The second kappa shape index (κ2) is 18.6. The Bertz CT molecular complexity index is 2230. The van der Waals surface area contributed by atoms with Crippen molar-refractivity contribution in [3.63, 3.8) is 0 Å². The minimum absolute atomic E-state index is 0.0388. The van der Waals surface area contributed by atoms with Gasteiger partial charge in [-0.25, -0.2) is 4.79 Å². The predicted molar refractivity (Wildman–Crippen MR) is 222 cm³/mol. The third-order valence-corrected chi connectivity index (χ3v) is 11.5. The van der Waals surface area contributed by atoms with Crippen molar-refractivity contribution < 1.29 is 23.9 Å². The van der Waals surface area contributed by atoms with E-state index in [2.05, 4.69) is 33.0 Å². The van der Waals surface area contributed by atoms with Gasteiger partial charge in [0, 0.05) is 50.7 Å². The van der Waals surface area contributed by atoms with Gasteiger partial charge < -0.3 is 20.7 Å². The Morgan fingerprint density at radius 3 is 2.40 bits per heavy atom. The lowest BCUT2D eigenvalue weighted by Crippen LogP contribution is -2.30. The molecule has 6 rings (SSSR count). The molecule has 5 aromatic rings. The number of hydrogen-bond acceptors (Lipinski definition) is 8. The van der Waals surface area contributed by atoms with E-state index in [9.17, 15) is 19.2 Å². The third-order valence-electron chi connectivity index (χ3n) is 8.67. The molecule has 13 heteroatoms. The molecule has 4 aromatic carbocycles. The van der Waals surface area contributed by atoms with Crippen LogP contribution in [0.15, 0.2) is 114 Å². The van der Waals surface area contributed by atoms with Gasteiger partial charge in [-0.2, -0.15) is 0 Å². The lowest BCUT2D eigenvalue weighted by Gasteiger charge is -2.27. The van der Waals surface area contributed by atoms with E-state index in [0.717, 1.165) is 23.5 Å². The number of ether oxygens (including phenoxy) is 1. The fraction of sp³-hybridized carbons (Fsp3) is 0.190. The first kappa shape index (κ1) is 39.8. The number of thiophene rings is 1. The molecular formula is C42H38Cl2N4O5S2. The smallest absolute Gasteiger partial charge is 0.341 e. The van der Waals surface area contributed by atoms with Crippen LogP contribution in [-0.4, -0.2) is 47.0 Å². The van der Waals surface area contributed by atoms with E-state index in [1.165, 1.54) is 34.7 Å². The molecule has 1 unspecified atom stereocenters. The molecule has 55 heavy (non-hydrogen) atoms. The van der Waals surface area contributed by atoms with E-state index in [1.54, 1.807) is 80.6 Å². The summed E-state index contributed by atoms with van der Waals surface area (Å²) in [5.41, 5.74) is 3.83. The first-order valence-corrected chi connectivity index (χ1v) is 20.0. The number of nitrogens with zero attached hydrogens (tertiary/aromatic N) is 1. The highest BCUT2D eigenvalue weighted by molar-refractivity contribution is 8.00. The Labute approximate surface area is 338 Å². The number of rotatable bonds is 13. The number of esters is 1. The summed E-state index contributed by atoms with van der Waals surface area (Å²) in [5, 5.41) is 9.23. The molecule has 3 N–H and O–H groups in total. The SMILES string of the molecule is CCOC(=O)c1c(NC(=O)C(C)Sc2cccc(NC(=O)/C(=C\c3ccc(Cl)cc3Cl)NC(=O)c3ccccc3)c2)sc2c1CCN(Cc1ccccc1)C2. The van der Waals surface area contributed by atoms with Crippen LogP contribution in [0.5, 0.6) is 0 Å². The van der Waals surface area contributed by atoms with Crippen LogP contribution in [0.4, 0.5) is 10.7 Å². The van der Waals surface area contributed by atoms with Crippen LogP contribution in [0.3, 0.4) is 0 Å². The average molecular weight is 814 g/mol. The molecule has 1 aliphatic rings. The summed E-state index contributed by atoms with van der Waals surface area (Å²) in [6, 6.07) is 30.7. The number of nitrogens with one attached hydrogen (secondary N) is 3. The van der Waals surface area contributed by atoms with Crippen molar-refractivity contribution in [1.29, 1.82) is 0 Å².